The molecule has 0 saturated carbocycles. The van der Waals surface area contributed by atoms with Crippen molar-refractivity contribution in [2.45, 2.75) is 82.7 Å². The quantitative estimate of drug-likeness (QED) is 0.165. The van der Waals surface area contributed by atoms with Gasteiger partial charge in [-0.1, -0.05) is 51.9 Å². The van der Waals surface area contributed by atoms with Crippen LogP contribution in [0.5, 0.6) is 0 Å². The first-order valence-corrected chi connectivity index (χ1v) is 9.77. The molecule has 7 N–H and O–H groups in total. The van der Waals surface area contributed by atoms with Crippen LogP contribution in [0.3, 0.4) is 0 Å². The summed E-state index contributed by atoms with van der Waals surface area (Å²) in [5, 5.41) is 52.2. The van der Waals surface area contributed by atoms with Crippen LogP contribution in [0, 0.1) is 0 Å². The predicted octanol–water partition coefficient (Wildman–Crippen LogP) is -0.731. The van der Waals surface area contributed by atoms with Gasteiger partial charge < -0.3 is 36.2 Å². The first-order valence-electron chi connectivity index (χ1n) is 9.77. The minimum absolute atomic E-state index is 0.276. The molecule has 0 radical (unpaired) electrons. The number of aliphatic hydroxyl groups excluding tert-OH is 5. The maximum Gasteiger partial charge on any atom is 0.251 e. The molecule has 0 saturated heterocycles. The summed E-state index contributed by atoms with van der Waals surface area (Å²) < 4.78 is 0. The van der Waals surface area contributed by atoms with E-state index in [-0.39, 0.29) is 6.54 Å². The lowest BCUT2D eigenvalue weighted by atomic mass is 10.0. The van der Waals surface area contributed by atoms with Crippen molar-refractivity contribution in [2.75, 3.05) is 26.2 Å². The fraction of sp³-hybridized carbons (Fsp3) is 0.944. The Morgan fingerprint density at radius 1 is 0.808 bits per heavy atom. The van der Waals surface area contributed by atoms with E-state index in [0.717, 1.165) is 13.0 Å². The number of rotatable bonds is 17. The first-order chi connectivity index (χ1) is 12.5. The summed E-state index contributed by atoms with van der Waals surface area (Å²) in [5.74, 6) is -0.837. The molecule has 0 unspecified atom stereocenters. The van der Waals surface area contributed by atoms with Gasteiger partial charge in [0, 0.05) is 13.1 Å². The number of aliphatic hydroxyl groups is 5. The standard InChI is InChI=1S/C18H38N2O6/c1-2-3-4-5-6-7-8-9-10-19-11-12-20-18(26)17(25)16(24)15(23)14(22)13-21/h14-17,19,21-25H,2-13H2,1H3,(H,20,26)/t14-,15-,16+,17-/m1/s1. The Labute approximate surface area is 156 Å². The summed E-state index contributed by atoms with van der Waals surface area (Å²) in [5.41, 5.74) is 0. The van der Waals surface area contributed by atoms with Crippen molar-refractivity contribution >= 4 is 5.91 Å². The van der Waals surface area contributed by atoms with Crippen LogP contribution in [0.15, 0.2) is 0 Å². The van der Waals surface area contributed by atoms with Gasteiger partial charge in [0.1, 0.15) is 18.3 Å². The summed E-state index contributed by atoms with van der Waals surface area (Å²) >= 11 is 0. The minimum Gasteiger partial charge on any atom is -0.394 e. The molecule has 156 valence electrons. The molecule has 0 heterocycles. The van der Waals surface area contributed by atoms with Gasteiger partial charge in [0.2, 0.25) is 0 Å². The second-order valence-corrected chi connectivity index (χ2v) is 6.69. The molecule has 0 fully saturated rings. The Hall–Kier alpha value is -0.770. The Morgan fingerprint density at radius 3 is 1.96 bits per heavy atom. The van der Waals surface area contributed by atoms with E-state index >= 15 is 0 Å². The maximum absolute atomic E-state index is 11.7. The zero-order valence-electron chi connectivity index (χ0n) is 15.9. The van der Waals surface area contributed by atoms with Crippen LogP contribution in [0.25, 0.3) is 0 Å². The molecule has 0 aliphatic heterocycles. The van der Waals surface area contributed by atoms with Crippen LogP contribution in [0.1, 0.15) is 58.3 Å². The number of hydrogen-bond donors (Lipinski definition) is 7. The Morgan fingerprint density at radius 2 is 1.38 bits per heavy atom. The molecule has 0 aliphatic carbocycles. The normalized spacial score (nSPS) is 16.1. The molecule has 0 aliphatic rings. The van der Waals surface area contributed by atoms with E-state index in [1.54, 1.807) is 0 Å². The first kappa shape index (κ1) is 25.2. The lowest BCUT2D eigenvalue weighted by molar-refractivity contribution is -0.148. The van der Waals surface area contributed by atoms with Gasteiger partial charge in [0.05, 0.1) is 6.61 Å². The van der Waals surface area contributed by atoms with Crippen molar-refractivity contribution in [1.82, 2.24) is 10.6 Å². The summed E-state index contributed by atoms with van der Waals surface area (Å²) in [7, 11) is 0. The smallest absolute Gasteiger partial charge is 0.251 e. The molecule has 0 spiro atoms. The molecule has 1 amide bonds. The highest BCUT2D eigenvalue weighted by Crippen LogP contribution is 2.08. The monoisotopic (exact) mass is 378 g/mol. The van der Waals surface area contributed by atoms with E-state index in [4.69, 9.17) is 5.11 Å². The Balaban J connectivity index is 3.61. The van der Waals surface area contributed by atoms with Gasteiger partial charge in [-0.3, -0.25) is 4.79 Å². The summed E-state index contributed by atoms with van der Waals surface area (Å²) in [6, 6.07) is 0. The molecule has 8 nitrogen and oxygen atoms in total. The van der Waals surface area contributed by atoms with E-state index < -0.39 is 36.9 Å². The third-order valence-electron chi connectivity index (χ3n) is 4.33. The highest BCUT2D eigenvalue weighted by Gasteiger charge is 2.33. The summed E-state index contributed by atoms with van der Waals surface area (Å²) in [4.78, 5) is 11.7. The molecule has 8 heteroatoms. The molecule has 0 aromatic carbocycles. The van der Waals surface area contributed by atoms with Crippen molar-refractivity contribution in [2.24, 2.45) is 0 Å². The van der Waals surface area contributed by atoms with Crippen molar-refractivity contribution in [3.63, 3.8) is 0 Å². The maximum atomic E-state index is 11.7. The molecular formula is C18H38N2O6. The zero-order valence-corrected chi connectivity index (χ0v) is 15.9. The predicted molar refractivity (Wildman–Crippen MR) is 99.6 cm³/mol. The molecule has 4 atom stereocenters. The second kappa shape index (κ2) is 16.4. The third-order valence-corrected chi connectivity index (χ3v) is 4.33. The summed E-state index contributed by atoms with van der Waals surface area (Å²) in [6.45, 7) is 3.10. The average molecular weight is 379 g/mol. The number of carbonyl (C=O) groups excluding carboxylic acids is 1. The van der Waals surface area contributed by atoms with Crippen molar-refractivity contribution in [1.29, 1.82) is 0 Å². The van der Waals surface area contributed by atoms with Crippen LogP contribution in [-0.4, -0.2) is 82.1 Å². The van der Waals surface area contributed by atoms with Crippen molar-refractivity contribution < 1.29 is 30.3 Å². The van der Waals surface area contributed by atoms with E-state index in [0.29, 0.717) is 6.54 Å². The van der Waals surface area contributed by atoms with Crippen LogP contribution < -0.4 is 10.6 Å². The van der Waals surface area contributed by atoms with Gasteiger partial charge in [-0.15, -0.1) is 0 Å². The van der Waals surface area contributed by atoms with Gasteiger partial charge in [0.15, 0.2) is 6.10 Å². The molecule has 0 aromatic heterocycles. The van der Waals surface area contributed by atoms with E-state index in [2.05, 4.69) is 17.6 Å². The fourth-order valence-corrected chi connectivity index (χ4v) is 2.57. The molecule has 26 heavy (non-hydrogen) atoms. The van der Waals surface area contributed by atoms with Crippen LogP contribution in [-0.2, 0) is 4.79 Å². The van der Waals surface area contributed by atoms with Crippen molar-refractivity contribution in [3.05, 3.63) is 0 Å². The van der Waals surface area contributed by atoms with E-state index in [9.17, 15) is 25.2 Å². The number of nitrogens with one attached hydrogen (secondary N) is 2. The molecule has 0 bridgehead atoms. The van der Waals surface area contributed by atoms with E-state index in [1.165, 1.54) is 44.9 Å². The molecule has 0 aromatic rings. The SMILES string of the molecule is CCCCCCCCCCNCCNC(=O)[C@H](O)[C@@H](O)[C@H](O)[C@H](O)CO. The Bertz CT molecular complexity index is 346. The van der Waals surface area contributed by atoms with Crippen molar-refractivity contribution in [3.8, 4) is 0 Å². The highest BCUT2D eigenvalue weighted by molar-refractivity contribution is 5.81. The highest BCUT2D eigenvalue weighted by atomic mass is 16.4. The van der Waals surface area contributed by atoms with Crippen LogP contribution in [0.2, 0.25) is 0 Å². The van der Waals surface area contributed by atoms with E-state index in [1.807, 2.05) is 0 Å². The van der Waals surface area contributed by atoms with Gasteiger partial charge >= 0.3 is 0 Å². The van der Waals surface area contributed by atoms with Gasteiger partial charge in [-0.2, -0.15) is 0 Å². The lowest BCUT2D eigenvalue weighted by Crippen LogP contribution is -2.52. The number of unbranched alkanes of at least 4 members (excludes halogenated alkanes) is 7. The minimum atomic E-state index is -1.88. The topological polar surface area (TPSA) is 142 Å². The second-order valence-electron chi connectivity index (χ2n) is 6.69. The lowest BCUT2D eigenvalue weighted by Gasteiger charge is -2.24. The summed E-state index contributed by atoms with van der Waals surface area (Å²) in [6.07, 6.45) is 2.83. The number of hydrogen-bond acceptors (Lipinski definition) is 7. The third kappa shape index (κ3) is 11.8. The van der Waals surface area contributed by atoms with Gasteiger partial charge in [-0.25, -0.2) is 0 Å². The largest absolute Gasteiger partial charge is 0.394 e. The van der Waals surface area contributed by atoms with Crippen LogP contribution >= 0.6 is 0 Å². The van der Waals surface area contributed by atoms with Crippen LogP contribution in [0.4, 0.5) is 0 Å². The average Bonchev–Trinajstić information content (AvgIpc) is 2.66. The zero-order chi connectivity index (χ0) is 19.8. The van der Waals surface area contributed by atoms with Gasteiger partial charge in [0.25, 0.3) is 5.91 Å². The number of carbonyl (C=O) groups is 1. The Kier molecular flexibility index (Phi) is 15.9. The van der Waals surface area contributed by atoms with Gasteiger partial charge in [-0.05, 0) is 13.0 Å². The molecule has 0 rings (SSSR count). The number of amides is 1. The molecular weight excluding hydrogens is 340 g/mol. The fourth-order valence-electron chi connectivity index (χ4n) is 2.57.